The number of carbonyl (C=O) groups excluding carboxylic acids is 1. The minimum atomic E-state index is -0.852. The van der Waals surface area contributed by atoms with Gasteiger partial charge < -0.3 is 14.7 Å². The number of aliphatic hydroxyl groups is 1. The first-order valence-electron chi connectivity index (χ1n) is 8.07. The molecule has 1 amide bonds. The predicted octanol–water partition coefficient (Wildman–Crippen LogP) is 2.30. The van der Waals surface area contributed by atoms with Gasteiger partial charge in [-0.25, -0.2) is 0 Å². The molecular formula is C19H23NO3. The van der Waals surface area contributed by atoms with Gasteiger partial charge in [0.05, 0.1) is 12.7 Å². The lowest BCUT2D eigenvalue weighted by Crippen LogP contribution is -2.55. The average molecular weight is 313 g/mol. The van der Waals surface area contributed by atoms with Crippen LogP contribution in [0.5, 0.6) is 0 Å². The van der Waals surface area contributed by atoms with E-state index in [1.807, 2.05) is 61.6 Å². The van der Waals surface area contributed by atoms with E-state index in [1.165, 1.54) is 0 Å². The summed E-state index contributed by atoms with van der Waals surface area (Å²) in [5.41, 5.74) is 0.618. The highest BCUT2D eigenvalue weighted by atomic mass is 16.5. The summed E-state index contributed by atoms with van der Waals surface area (Å²) in [6, 6.07) is 9.90. The molecule has 1 unspecified atom stereocenters. The van der Waals surface area contributed by atoms with Crippen LogP contribution < -0.4 is 0 Å². The molecule has 0 bridgehead atoms. The van der Waals surface area contributed by atoms with Gasteiger partial charge in [0.2, 0.25) is 0 Å². The van der Waals surface area contributed by atoms with Crippen LogP contribution in [0, 0.1) is 5.41 Å². The molecule has 1 fully saturated rings. The molecule has 0 spiro atoms. The Balaban J connectivity index is 1.72. The number of carbonyl (C=O) groups is 1. The highest BCUT2D eigenvalue weighted by Crippen LogP contribution is 2.34. The molecule has 1 aromatic rings. The quantitative estimate of drug-likeness (QED) is 0.928. The second-order valence-corrected chi connectivity index (χ2v) is 6.48. The summed E-state index contributed by atoms with van der Waals surface area (Å²) in [4.78, 5) is 14.5. The lowest BCUT2D eigenvalue weighted by atomic mass is 9.76. The van der Waals surface area contributed by atoms with Crippen molar-refractivity contribution in [3.8, 4) is 0 Å². The number of hydrogen-bond acceptors (Lipinski definition) is 3. The molecule has 3 atom stereocenters. The Morgan fingerprint density at radius 3 is 2.83 bits per heavy atom. The largest absolute Gasteiger partial charge is 0.389 e. The van der Waals surface area contributed by atoms with Crippen molar-refractivity contribution in [2.24, 2.45) is 5.41 Å². The van der Waals surface area contributed by atoms with Gasteiger partial charge in [-0.15, -0.1) is 0 Å². The van der Waals surface area contributed by atoms with Crippen LogP contribution in [-0.4, -0.2) is 41.3 Å². The molecule has 1 saturated heterocycles. The lowest BCUT2D eigenvalue weighted by molar-refractivity contribution is -0.169. The van der Waals surface area contributed by atoms with Gasteiger partial charge in [-0.1, -0.05) is 61.6 Å². The Morgan fingerprint density at radius 1 is 1.35 bits per heavy atom. The van der Waals surface area contributed by atoms with E-state index >= 15 is 0 Å². The number of nitrogens with zero attached hydrogens (tertiary/aromatic N) is 1. The van der Waals surface area contributed by atoms with E-state index in [2.05, 4.69) is 0 Å². The maximum Gasteiger partial charge on any atom is 0.254 e. The minimum absolute atomic E-state index is 0.128. The van der Waals surface area contributed by atoms with Gasteiger partial charge in [-0.3, -0.25) is 4.79 Å². The van der Waals surface area contributed by atoms with E-state index in [0.29, 0.717) is 26.1 Å². The second kappa shape index (κ2) is 6.69. The molecule has 0 radical (unpaired) electrons. The van der Waals surface area contributed by atoms with Crippen LogP contribution in [0.25, 0.3) is 0 Å². The van der Waals surface area contributed by atoms with Crippen molar-refractivity contribution in [2.45, 2.75) is 32.1 Å². The Morgan fingerprint density at radius 2 is 2.13 bits per heavy atom. The number of ether oxygens (including phenoxy) is 1. The first-order chi connectivity index (χ1) is 11.1. The van der Waals surface area contributed by atoms with Gasteiger partial charge >= 0.3 is 0 Å². The van der Waals surface area contributed by atoms with Crippen LogP contribution in [0.4, 0.5) is 0 Å². The van der Waals surface area contributed by atoms with Crippen LogP contribution in [0.1, 0.15) is 18.9 Å². The van der Waals surface area contributed by atoms with Gasteiger partial charge in [0.25, 0.3) is 5.91 Å². The Hall–Kier alpha value is -1.91. The summed E-state index contributed by atoms with van der Waals surface area (Å²) in [7, 11) is 0. The van der Waals surface area contributed by atoms with Gasteiger partial charge in [-0.2, -0.15) is 0 Å². The van der Waals surface area contributed by atoms with E-state index in [9.17, 15) is 9.90 Å². The molecule has 1 aliphatic heterocycles. The number of aliphatic hydroxyl groups excluding tert-OH is 1. The van der Waals surface area contributed by atoms with Gasteiger partial charge in [0, 0.05) is 18.5 Å². The SMILES string of the molecule is CC1([C@@H](O)[C@@H]2OCCN(Cc3ccccc3)C2=O)C=CC=CC1. The summed E-state index contributed by atoms with van der Waals surface area (Å²) in [6.07, 6.45) is 6.91. The zero-order valence-corrected chi connectivity index (χ0v) is 13.4. The number of hydrogen-bond donors (Lipinski definition) is 1. The third kappa shape index (κ3) is 3.38. The number of allylic oxidation sites excluding steroid dienone is 3. The maximum atomic E-state index is 12.8. The summed E-state index contributed by atoms with van der Waals surface area (Å²) >= 11 is 0. The molecule has 0 aromatic heterocycles. The van der Waals surface area contributed by atoms with Crippen LogP contribution in [0.15, 0.2) is 54.6 Å². The molecule has 122 valence electrons. The van der Waals surface area contributed by atoms with Crippen molar-refractivity contribution in [3.63, 3.8) is 0 Å². The van der Waals surface area contributed by atoms with Gasteiger partial charge in [0.1, 0.15) is 0 Å². The summed E-state index contributed by atoms with van der Waals surface area (Å²) in [5, 5.41) is 10.8. The zero-order chi connectivity index (χ0) is 16.3. The first kappa shape index (κ1) is 16.0. The third-order valence-electron chi connectivity index (χ3n) is 4.67. The number of rotatable bonds is 4. The summed E-state index contributed by atoms with van der Waals surface area (Å²) < 4.78 is 5.64. The van der Waals surface area contributed by atoms with Crippen molar-refractivity contribution in [1.29, 1.82) is 0 Å². The van der Waals surface area contributed by atoms with Crippen molar-refractivity contribution >= 4 is 5.91 Å². The van der Waals surface area contributed by atoms with Crippen LogP contribution in [-0.2, 0) is 16.1 Å². The number of benzene rings is 1. The monoisotopic (exact) mass is 313 g/mol. The molecule has 1 N–H and O–H groups in total. The molecule has 3 rings (SSSR count). The number of amides is 1. The standard InChI is InChI=1S/C19H23NO3/c1-19(10-6-3-7-11-19)17(21)16-18(22)20(12-13-23-16)14-15-8-4-2-5-9-15/h2-10,16-17,21H,11-14H2,1H3/t16-,17-,19?/m0/s1. The Bertz CT molecular complexity index is 610. The predicted molar refractivity (Wildman–Crippen MR) is 88.6 cm³/mol. The fourth-order valence-electron chi connectivity index (χ4n) is 3.15. The first-order valence-corrected chi connectivity index (χ1v) is 8.07. The van der Waals surface area contributed by atoms with E-state index in [1.54, 1.807) is 4.90 Å². The van der Waals surface area contributed by atoms with E-state index in [-0.39, 0.29) is 5.91 Å². The Kier molecular flexibility index (Phi) is 4.64. The number of morpholine rings is 1. The van der Waals surface area contributed by atoms with Crippen LogP contribution in [0.2, 0.25) is 0 Å². The van der Waals surface area contributed by atoms with Crippen molar-refractivity contribution in [1.82, 2.24) is 4.90 Å². The molecule has 4 heteroatoms. The van der Waals surface area contributed by atoms with Crippen molar-refractivity contribution in [2.75, 3.05) is 13.2 Å². The normalized spacial score (nSPS) is 28.9. The average Bonchev–Trinajstić information content (AvgIpc) is 2.58. The van der Waals surface area contributed by atoms with Crippen molar-refractivity contribution in [3.05, 3.63) is 60.2 Å². The smallest absolute Gasteiger partial charge is 0.254 e. The minimum Gasteiger partial charge on any atom is -0.389 e. The molecule has 4 nitrogen and oxygen atoms in total. The highest BCUT2D eigenvalue weighted by molar-refractivity contribution is 5.82. The highest BCUT2D eigenvalue weighted by Gasteiger charge is 2.43. The summed E-state index contributed by atoms with van der Waals surface area (Å²) in [5.74, 6) is -0.128. The second-order valence-electron chi connectivity index (χ2n) is 6.48. The topological polar surface area (TPSA) is 49.8 Å². The third-order valence-corrected chi connectivity index (χ3v) is 4.67. The van der Waals surface area contributed by atoms with Crippen molar-refractivity contribution < 1.29 is 14.6 Å². The molecule has 1 heterocycles. The van der Waals surface area contributed by atoms with E-state index < -0.39 is 17.6 Å². The molecule has 23 heavy (non-hydrogen) atoms. The van der Waals surface area contributed by atoms with Gasteiger partial charge in [-0.05, 0) is 12.0 Å². The summed E-state index contributed by atoms with van der Waals surface area (Å²) in [6.45, 7) is 3.53. The van der Waals surface area contributed by atoms with Crippen LogP contribution >= 0.6 is 0 Å². The molecule has 0 saturated carbocycles. The zero-order valence-electron chi connectivity index (χ0n) is 13.4. The molecule has 1 aliphatic carbocycles. The molecular weight excluding hydrogens is 290 g/mol. The van der Waals surface area contributed by atoms with Gasteiger partial charge in [0.15, 0.2) is 6.10 Å². The molecule has 1 aromatic carbocycles. The Labute approximate surface area is 137 Å². The van der Waals surface area contributed by atoms with E-state index in [0.717, 1.165) is 5.56 Å². The molecule has 2 aliphatic rings. The lowest BCUT2D eigenvalue weighted by Gasteiger charge is -2.40. The fraction of sp³-hybridized carbons (Fsp3) is 0.421. The van der Waals surface area contributed by atoms with Crippen LogP contribution in [0.3, 0.4) is 0 Å². The fourth-order valence-corrected chi connectivity index (χ4v) is 3.15. The maximum absolute atomic E-state index is 12.8. The van der Waals surface area contributed by atoms with E-state index in [4.69, 9.17) is 4.74 Å².